The number of likely N-dealkylation sites (N-methyl/N-ethyl adjacent to an activating group) is 1. The first-order valence-corrected chi connectivity index (χ1v) is 12.0. The zero-order chi connectivity index (χ0) is 25.6. The molecule has 3 aromatic heterocycles. The minimum Gasteiger partial charge on any atom is -0.325 e. The normalized spacial score (nSPS) is 13.7. The van der Waals surface area contributed by atoms with Crippen LogP contribution in [0.5, 0.6) is 0 Å². The van der Waals surface area contributed by atoms with Gasteiger partial charge in [0.15, 0.2) is 5.82 Å². The summed E-state index contributed by atoms with van der Waals surface area (Å²) < 4.78 is 0. The van der Waals surface area contributed by atoms with Gasteiger partial charge in [-0.25, -0.2) is 24.7 Å². The van der Waals surface area contributed by atoms with Crippen LogP contribution in [0.25, 0.3) is 11.5 Å². The van der Waals surface area contributed by atoms with Gasteiger partial charge in [0.1, 0.15) is 17.3 Å². The molecule has 0 saturated carbocycles. The molecule has 0 spiro atoms. The molecule has 3 N–H and O–H groups in total. The average Bonchev–Trinajstić information content (AvgIpc) is 2.90. The van der Waals surface area contributed by atoms with Crippen molar-refractivity contribution < 1.29 is 4.79 Å². The fourth-order valence-corrected chi connectivity index (χ4v) is 3.85. The molecule has 37 heavy (non-hydrogen) atoms. The highest BCUT2D eigenvalue weighted by Crippen LogP contribution is 2.21. The number of aromatic nitrogens is 5. The number of rotatable bonds is 6. The highest BCUT2D eigenvalue weighted by atomic mass is 16.2. The van der Waals surface area contributed by atoms with Crippen LogP contribution in [0.2, 0.25) is 0 Å². The van der Waals surface area contributed by atoms with Crippen molar-refractivity contribution in [3.8, 4) is 11.5 Å². The van der Waals surface area contributed by atoms with Crippen LogP contribution in [0.3, 0.4) is 0 Å². The number of anilines is 5. The number of hydrogen-bond donors (Lipinski definition) is 3. The molecule has 2 amide bonds. The Hall–Kier alpha value is -4.64. The summed E-state index contributed by atoms with van der Waals surface area (Å²) in [6.45, 7) is 5.09. The summed E-state index contributed by atoms with van der Waals surface area (Å²) in [6, 6.07) is 16.6. The van der Waals surface area contributed by atoms with Gasteiger partial charge in [-0.1, -0.05) is 12.1 Å². The molecule has 4 heterocycles. The van der Waals surface area contributed by atoms with E-state index < -0.39 is 0 Å². The van der Waals surface area contributed by atoms with Crippen LogP contribution in [-0.2, 0) is 0 Å². The van der Waals surface area contributed by atoms with Crippen molar-refractivity contribution >= 4 is 35.0 Å². The lowest BCUT2D eigenvalue weighted by atomic mass is 10.2. The minimum atomic E-state index is -0.0993. The van der Waals surface area contributed by atoms with Crippen LogP contribution in [-0.4, -0.2) is 74.0 Å². The van der Waals surface area contributed by atoms with Gasteiger partial charge in [-0.2, -0.15) is 4.98 Å². The Bertz CT molecular complexity index is 1390. The topological polar surface area (TPSA) is 124 Å². The third-order valence-electron chi connectivity index (χ3n) is 5.85. The molecule has 1 saturated heterocycles. The number of benzene rings is 1. The molecule has 0 aliphatic carbocycles. The highest BCUT2D eigenvalue weighted by Gasteiger charge is 2.19. The number of amides is 2. The number of aryl methyl sites for hydroxylation is 1. The standard InChI is InChI=1S/C26H28N10O/c1-18-5-3-8-21(29-18)24-27-11-9-22(33-24)32-23-10-12-28-25(34-23)30-19-6-4-7-20(17-19)31-26(37)36-15-13-35(2)14-16-36/h3-12,17H,13-16H2,1-2H3,(H,31,37)(H2,27,28,30,32,33,34). The summed E-state index contributed by atoms with van der Waals surface area (Å²) in [5.74, 6) is 2.09. The summed E-state index contributed by atoms with van der Waals surface area (Å²) >= 11 is 0. The van der Waals surface area contributed by atoms with Gasteiger partial charge < -0.3 is 25.8 Å². The molecule has 0 atom stereocenters. The fourth-order valence-electron chi connectivity index (χ4n) is 3.85. The molecule has 1 fully saturated rings. The quantitative estimate of drug-likeness (QED) is 0.364. The van der Waals surface area contributed by atoms with Crippen LogP contribution in [0.4, 0.5) is 33.8 Å². The molecule has 1 aliphatic rings. The van der Waals surface area contributed by atoms with Crippen molar-refractivity contribution in [1.29, 1.82) is 0 Å². The molecule has 1 aliphatic heterocycles. The average molecular weight is 497 g/mol. The first kappa shape index (κ1) is 24.1. The van der Waals surface area contributed by atoms with Crippen LogP contribution in [0.15, 0.2) is 67.0 Å². The highest BCUT2D eigenvalue weighted by molar-refractivity contribution is 5.90. The van der Waals surface area contributed by atoms with Crippen molar-refractivity contribution in [2.75, 3.05) is 49.2 Å². The first-order chi connectivity index (χ1) is 18.0. The molecule has 188 valence electrons. The molecule has 4 aromatic rings. The maximum Gasteiger partial charge on any atom is 0.321 e. The number of carbonyl (C=O) groups excluding carboxylic acids is 1. The van der Waals surface area contributed by atoms with E-state index in [2.05, 4.69) is 52.8 Å². The van der Waals surface area contributed by atoms with E-state index in [1.807, 2.05) is 54.3 Å². The second-order valence-electron chi connectivity index (χ2n) is 8.75. The van der Waals surface area contributed by atoms with Gasteiger partial charge >= 0.3 is 6.03 Å². The van der Waals surface area contributed by atoms with Gasteiger partial charge in [0, 0.05) is 55.6 Å². The monoisotopic (exact) mass is 496 g/mol. The van der Waals surface area contributed by atoms with Crippen LogP contribution in [0, 0.1) is 6.92 Å². The third-order valence-corrected chi connectivity index (χ3v) is 5.85. The Morgan fingerprint density at radius 1 is 0.811 bits per heavy atom. The Morgan fingerprint density at radius 3 is 2.35 bits per heavy atom. The molecular formula is C26H28N10O. The summed E-state index contributed by atoms with van der Waals surface area (Å²) in [6.07, 6.45) is 3.33. The van der Waals surface area contributed by atoms with Crippen LogP contribution < -0.4 is 16.0 Å². The first-order valence-electron chi connectivity index (χ1n) is 12.0. The smallest absolute Gasteiger partial charge is 0.321 e. The summed E-state index contributed by atoms with van der Waals surface area (Å²) in [4.78, 5) is 38.9. The molecule has 0 radical (unpaired) electrons. The van der Waals surface area contributed by atoms with E-state index in [9.17, 15) is 4.79 Å². The number of nitrogens with zero attached hydrogens (tertiary/aromatic N) is 7. The molecule has 0 unspecified atom stereocenters. The number of piperazine rings is 1. The fraction of sp³-hybridized carbons (Fsp3) is 0.231. The summed E-state index contributed by atoms with van der Waals surface area (Å²) in [5, 5.41) is 9.37. The van der Waals surface area contributed by atoms with Crippen LogP contribution >= 0.6 is 0 Å². The lowest BCUT2D eigenvalue weighted by Gasteiger charge is -2.32. The lowest BCUT2D eigenvalue weighted by Crippen LogP contribution is -2.48. The van der Waals surface area contributed by atoms with Gasteiger partial charge in [0.05, 0.1) is 0 Å². The number of pyridine rings is 1. The third kappa shape index (κ3) is 6.33. The predicted molar refractivity (Wildman–Crippen MR) is 143 cm³/mol. The van der Waals surface area contributed by atoms with E-state index >= 15 is 0 Å². The van der Waals surface area contributed by atoms with Crippen molar-refractivity contribution in [1.82, 2.24) is 34.7 Å². The number of nitrogens with one attached hydrogen (secondary N) is 3. The zero-order valence-electron chi connectivity index (χ0n) is 20.7. The number of urea groups is 1. The molecule has 1 aromatic carbocycles. The van der Waals surface area contributed by atoms with E-state index in [1.54, 1.807) is 24.5 Å². The van der Waals surface area contributed by atoms with Crippen molar-refractivity contribution in [2.24, 2.45) is 0 Å². The second-order valence-corrected chi connectivity index (χ2v) is 8.75. The van der Waals surface area contributed by atoms with Gasteiger partial charge in [-0.05, 0) is 56.4 Å². The molecule has 5 rings (SSSR count). The minimum absolute atomic E-state index is 0.0993. The van der Waals surface area contributed by atoms with Crippen molar-refractivity contribution in [3.63, 3.8) is 0 Å². The van der Waals surface area contributed by atoms with Crippen molar-refractivity contribution in [3.05, 3.63) is 72.7 Å². The van der Waals surface area contributed by atoms with E-state index in [0.717, 1.165) is 24.5 Å². The van der Waals surface area contributed by atoms with Crippen molar-refractivity contribution in [2.45, 2.75) is 6.92 Å². The second kappa shape index (κ2) is 11.0. The van der Waals surface area contributed by atoms with Crippen LogP contribution in [0.1, 0.15) is 5.69 Å². The van der Waals surface area contributed by atoms with E-state index in [4.69, 9.17) is 0 Å². The maximum atomic E-state index is 12.6. The largest absolute Gasteiger partial charge is 0.325 e. The predicted octanol–water partition coefficient (Wildman–Crippen LogP) is 3.90. The van der Waals surface area contributed by atoms with Gasteiger partial charge in [-0.15, -0.1) is 0 Å². The van der Waals surface area contributed by atoms with Gasteiger partial charge in [-0.3, -0.25) is 0 Å². The van der Waals surface area contributed by atoms with E-state index in [-0.39, 0.29) is 6.03 Å². The number of hydrogen-bond acceptors (Lipinski definition) is 9. The molecule has 0 bridgehead atoms. The van der Waals surface area contributed by atoms with Gasteiger partial charge in [0.25, 0.3) is 0 Å². The zero-order valence-corrected chi connectivity index (χ0v) is 20.7. The Morgan fingerprint density at radius 2 is 1.54 bits per heavy atom. The maximum absolute atomic E-state index is 12.6. The molecule has 11 nitrogen and oxygen atoms in total. The van der Waals surface area contributed by atoms with Gasteiger partial charge in [0.2, 0.25) is 5.95 Å². The number of carbonyl (C=O) groups is 1. The lowest BCUT2D eigenvalue weighted by molar-refractivity contribution is 0.164. The Labute approximate surface area is 215 Å². The Kier molecular flexibility index (Phi) is 7.13. The van der Waals surface area contributed by atoms with E-state index in [0.29, 0.717) is 47.9 Å². The molecular weight excluding hydrogens is 468 g/mol. The SMILES string of the molecule is Cc1cccc(-c2nccc(Nc3ccnc(Nc4cccc(NC(=O)N5CCN(C)CC5)c4)n3)n2)n1. The Balaban J connectivity index is 1.24. The molecule has 11 heteroatoms. The summed E-state index contributed by atoms with van der Waals surface area (Å²) in [7, 11) is 2.06. The summed E-state index contributed by atoms with van der Waals surface area (Å²) in [5.41, 5.74) is 3.05. The van der Waals surface area contributed by atoms with E-state index in [1.165, 1.54) is 0 Å².